The van der Waals surface area contributed by atoms with E-state index in [4.69, 9.17) is 34.8 Å². The van der Waals surface area contributed by atoms with Crippen LogP contribution < -0.4 is 0 Å². The van der Waals surface area contributed by atoms with Crippen molar-refractivity contribution < 1.29 is 29.5 Å². The van der Waals surface area contributed by atoms with Crippen LogP contribution in [-0.4, -0.2) is 59.1 Å². The Bertz CT molecular complexity index is 1180. The van der Waals surface area contributed by atoms with Gasteiger partial charge in [-0.2, -0.15) is 5.06 Å². The summed E-state index contributed by atoms with van der Waals surface area (Å²) in [4.78, 5) is 49.0. The number of rotatable bonds is 2. The third-order valence-corrected chi connectivity index (χ3v) is 9.44. The van der Waals surface area contributed by atoms with E-state index < -0.39 is 57.0 Å². The van der Waals surface area contributed by atoms with E-state index in [0.29, 0.717) is 5.57 Å². The number of hydrogen-bond acceptors (Lipinski definition) is 6. The topological polar surface area (TPSA) is 115 Å². The third-order valence-electron chi connectivity index (χ3n) is 7.29. The molecule has 2 aliphatic carbocycles. The van der Waals surface area contributed by atoms with Crippen molar-refractivity contribution in [1.29, 1.82) is 0 Å². The van der Waals surface area contributed by atoms with Gasteiger partial charge in [-0.05, 0) is 37.0 Å². The molecule has 6 atom stereocenters. The fraction of sp³-hybridized carbons (Fsp3) is 0.429. The van der Waals surface area contributed by atoms with Gasteiger partial charge in [0.05, 0.1) is 17.3 Å². The number of benzene rings is 1. The molecule has 0 bridgehead atoms. The highest BCUT2D eigenvalue weighted by Gasteiger charge is 2.76. The van der Waals surface area contributed by atoms with Crippen LogP contribution in [0.4, 0.5) is 0 Å². The van der Waals surface area contributed by atoms with Crippen molar-refractivity contribution in [3.8, 4) is 5.75 Å². The molecule has 4 aliphatic rings. The molecule has 8 nitrogen and oxygen atoms in total. The van der Waals surface area contributed by atoms with Gasteiger partial charge in [-0.25, -0.2) is 0 Å². The number of fused-ring (bicyclic) bond motifs is 4. The van der Waals surface area contributed by atoms with Crippen molar-refractivity contribution in [2.75, 3.05) is 5.45 Å². The molecule has 33 heavy (non-hydrogen) atoms. The number of halogens is 4. The standard InChI is InChI=1S/C21H16BrCl3N2O6/c22-7-26-18(31)20(24)6-12-9(2-3-10-14(12)17(30)27(33)16(10)29)15(21(20,25)19(26)32)11-5-8(23)1-4-13(11)28/h1-2,4-5,10,12,14-15,28,33H,3,6-7H2/t10-,12+,14-,15+,20+,21-/m0/s1. The molecule has 2 saturated heterocycles. The highest BCUT2D eigenvalue weighted by molar-refractivity contribution is 9.09. The van der Waals surface area contributed by atoms with Crippen molar-refractivity contribution >= 4 is 74.4 Å². The Morgan fingerprint density at radius 1 is 1.09 bits per heavy atom. The van der Waals surface area contributed by atoms with E-state index in [-0.39, 0.29) is 39.7 Å². The molecule has 12 heteroatoms. The Kier molecular flexibility index (Phi) is 5.20. The van der Waals surface area contributed by atoms with Crippen molar-refractivity contribution in [2.45, 2.75) is 28.5 Å². The lowest BCUT2D eigenvalue weighted by Crippen LogP contribution is -2.60. The number of allylic oxidation sites excluding steroid dienone is 2. The number of amides is 4. The van der Waals surface area contributed by atoms with Crippen molar-refractivity contribution in [3.05, 3.63) is 40.4 Å². The van der Waals surface area contributed by atoms with Crippen molar-refractivity contribution in [2.24, 2.45) is 17.8 Å². The van der Waals surface area contributed by atoms with Crippen LogP contribution in [0.1, 0.15) is 24.3 Å². The number of hydroxylamine groups is 2. The van der Waals surface area contributed by atoms with Gasteiger partial charge < -0.3 is 5.11 Å². The van der Waals surface area contributed by atoms with Gasteiger partial charge in [0.1, 0.15) is 5.75 Å². The molecule has 0 unspecified atom stereocenters. The van der Waals surface area contributed by atoms with Gasteiger partial charge in [-0.3, -0.25) is 29.3 Å². The maximum atomic E-state index is 13.5. The molecule has 2 heterocycles. The zero-order chi connectivity index (χ0) is 24.0. The largest absolute Gasteiger partial charge is 0.508 e. The number of phenolic OH excluding ortho intramolecular Hbond substituents is 1. The summed E-state index contributed by atoms with van der Waals surface area (Å²) in [6.07, 6.45) is 1.60. The summed E-state index contributed by atoms with van der Waals surface area (Å²) >= 11 is 23.3. The third kappa shape index (κ3) is 2.74. The summed E-state index contributed by atoms with van der Waals surface area (Å²) in [5.74, 6) is -6.95. The summed E-state index contributed by atoms with van der Waals surface area (Å²) in [7, 11) is 0. The summed E-state index contributed by atoms with van der Waals surface area (Å²) in [5, 5.41) is 21.1. The molecule has 0 aromatic heterocycles. The molecular formula is C21H16BrCl3N2O6. The molecule has 1 aromatic carbocycles. The van der Waals surface area contributed by atoms with Gasteiger partial charge in [0, 0.05) is 16.5 Å². The molecule has 1 saturated carbocycles. The number of imide groups is 2. The van der Waals surface area contributed by atoms with E-state index in [9.17, 15) is 29.5 Å². The fourth-order valence-corrected chi connectivity index (χ4v) is 7.44. The summed E-state index contributed by atoms with van der Waals surface area (Å²) in [6.45, 7) is 0. The molecule has 3 fully saturated rings. The van der Waals surface area contributed by atoms with E-state index in [2.05, 4.69) is 15.9 Å². The second-order valence-electron chi connectivity index (χ2n) is 8.68. The van der Waals surface area contributed by atoms with Crippen LogP contribution in [0.5, 0.6) is 5.75 Å². The number of likely N-dealkylation sites (tertiary alicyclic amines) is 1. The van der Waals surface area contributed by atoms with Gasteiger partial charge in [0.2, 0.25) is 0 Å². The number of carbonyl (C=O) groups excluding carboxylic acids is 4. The molecule has 1 aromatic rings. The van der Waals surface area contributed by atoms with Crippen molar-refractivity contribution in [1.82, 2.24) is 9.96 Å². The Labute approximate surface area is 211 Å². The first-order chi connectivity index (χ1) is 15.5. The molecule has 0 radical (unpaired) electrons. The van der Waals surface area contributed by atoms with E-state index in [0.717, 1.165) is 4.90 Å². The minimum Gasteiger partial charge on any atom is -0.508 e. The maximum absolute atomic E-state index is 13.5. The molecule has 174 valence electrons. The lowest BCUT2D eigenvalue weighted by molar-refractivity contribution is -0.173. The Morgan fingerprint density at radius 3 is 2.45 bits per heavy atom. The first kappa shape index (κ1) is 23.1. The fourth-order valence-electron chi connectivity index (χ4n) is 5.84. The first-order valence-electron chi connectivity index (χ1n) is 10.0. The van der Waals surface area contributed by atoms with Crippen LogP contribution in [0.15, 0.2) is 29.8 Å². The number of carbonyl (C=O) groups is 4. The Hall–Kier alpha value is -1.65. The average molecular weight is 579 g/mol. The highest BCUT2D eigenvalue weighted by atomic mass is 79.9. The smallest absolute Gasteiger partial charge is 0.257 e. The van der Waals surface area contributed by atoms with Gasteiger partial charge >= 0.3 is 0 Å². The van der Waals surface area contributed by atoms with Gasteiger partial charge in [-0.15, -0.1) is 23.2 Å². The summed E-state index contributed by atoms with van der Waals surface area (Å²) in [5.41, 5.74) is 0.514. The monoisotopic (exact) mass is 576 g/mol. The van der Waals surface area contributed by atoms with Gasteiger partial charge in [0.25, 0.3) is 23.6 Å². The van der Waals surface area contributed by atoms with E-state index in [1.165, 1.54) is 18.2 Å². The van der Waals surface area contributed by atoms with Gasteiger partial charge in [0.15, 0.2) is 9.75 Å². The predicted octanol–water partition coefficient (Wildman–Crippen LogP) is 3.15. The molecule has 5 rings (SSSR count). The van der Waals surface area contributed by atoms with E-state index >= 15 is 0 Å². The normalized spacial score (nSPS) is 37.8. The zero-order valence-corrected chi connectivity index (χ0v) is 20.5. The number of alkyl halides is 3. The van der Waals surface area contributed by atoms with Gasteiger partial charge in [-0.1, -0.05) is 39.2 Å². The van der Waals surface area contributed by atoms with E-state index in [1.54, 1.807) is 6.08 Å². The van der Waals surface area contributed by atoms with Crippen LogP contribution in [-0.2, 0) is 19.2 Å². The summed E-state index contributed by atoms with van der Waals surface area (Å²) in [6, 6.07) is 4.23. The minimum absolute atomic E-state index is 0.105. The number of hydrogen-bond donors (Lipinski definition) is 2. The maximum Gasteiger partial charge on any atom is 0.257 e. The second kappa shape index (κ2) is 7.42. The van der Waals surface area contributed by atoms with Crippen molar-refractivity contribution in [3.63, 3.8) is 0 Å². The molecule has 2 aliphatic heterocycles. The Morgan fingerprint density at radius 2 is 1.79 bits per heavy atom. The number of phenols is 1. The van der Waals surface area contributed by atoms with Crippen LogP contribution in [0.3, 0.4) is 0 Å². The second-order valence-corrected chi connectivity index (χ2v) is 10.9. The molecule has 4 amide bonds. The first-order valence-corrected chi connectivity index (χ1v) is 12.3. The number of nitrogens with zero attached hydrogens (tertiary/aromatic N) is 2. The lowest BCUT2D eigenvalue weighted by Gasteiger charge is -2.50. The minimum atomic E-state index is -2.03. The zero-order valence-electron chi connectivity index (χ0n) is 16.7. The van der Waals surface area contributed by atoms with Crippen LogP contribution >= 0.6 is 50.7 Å². The van der Waals surface area contributed by atoms with E-state index in [1.807, 2.05) is 0 Å². The molecule has 0 spiro atoms. The van der Waals surface area contributed by atoms with Crippen LogP contribution in [0, 0.1) is 17.8 Å². The quantitative estimate of drug-likeness (QED) is 0.183. The molecule has 2 N–H and O–H groups in total. The lowest BCUT2D eigenvalue weighted by atomic mass is 9.56. The highest BCUT2D eigenvalue weighted by Crippen LogP contribution is 2.66. The Balaban J connectivity index is 1.78. The number of aromatic hydroxyl groups is 1. The van der Waals surface area contributed by atoms with Crippen LogP contribution in [0.2, 0.25) is 5.02 Å². The van der Waals surface area contributed by atoms with Crippen LogP contribution in [0.25, 0.3) is 0 Å². The predicted molar refractivity (Wildman–Crippen MR) is 120 cm³/mol. The molecular weight excluding hydrogens is 563 g/mol. The average Bonchev–Trinajstić information content (AvgIpc) is 3.08. The SMILES string of the molecule is O=C1[C@H]2[C@H](CC=C3[C@H]2C[C@@]2(Cl)C(=O)N(CBr)C(=O)[C@@]2(Cl)[C@H]3c2cc(Cl)ccc2O)C(=O)N1O. The summed E-state index contributed by atoms with van der Waals surface area (Å²) < 4.78 is 0.